The van der Waals surface area contributed by atoms with Crippen LogP contribution in [0.3, 0.4) is 0 Å². The summed E-state index contributed by atoms with van der Waals surface area (Å²) in [4.78, 5) is 18.1. The van der Waals surface area contributed by atoms with Crippen molar-refractivity contribution in [1.29, 1.82) is 0 Å². The molecule has 0 saturated heterocycles. The molecule has 0 spiro atoms. The van der Waals surface area contributed by atoms with Crippen LogP contribution in [-0.4, -0.2) is 44.2 Å². The van der Waals surface area contributed by atoms with Gasteiger partial charge in [-0.25, -0.2) is 0 Å². The van der Waals surface area contributed by atoms with Gasteiger partial charge in [0.1, 0.15) is 11.5 Å². The average Bonchev–Trinajstić information content (AvgIpc) is 2.94. The van der Waals surface area contributed by atoms with Crippen molar-refractivity contribution in [2.75, 3.05) is 38.0 Å². The third-order valence-electron chi connectivity index (χ3n) is 6.78. The minimum atomic E-state index is -0.139. The van der Waals surface area contributed by atoms with Crippen LogP contribution in [0.1, 0.15) is 22.3 Å². The molecule has 0 bridgehead atoms. The summed E-state index contributed by atoms with van der Waals surface area (Å²) < 4.78 is 0. The highest BCUT2D eigenvalue weighted by atomic mass is 16.3. The van der Waals surface area contributed by atoms with Crippen LogP contribution in [0.2, 0.25) is 0 Å². The van der Waals surface area contributed by atoms with Crippen molar-refractivity contribution in [3.63, 3.8) is 0 Å². The lowest BCUT2D eigenvalue weighted by Crippen LogP contribution is -2.12. The Morgan fingerprint density at radius 3 is 1.30 bits per heavy atom. The standard InChI is InChI=1S/C35H36N2O3/c1-36(2)31-17-15-27(33(38)23-31)21-29(19-25-11-7-5-8-12-25)35(40)30(20-26-13-9-6-10-14-26)22-28-16-18-32(37(3)4)24-34(28)39/h5-18,21-24,38-39H,19-20H2,1-4H3. The number of aromatic hydroxyl groups is 2. The van der Waals surface area contributed by atoms with Gasteiger partial charge in [0.15, 0.2) is 5.78 Å². The molecule has 4 aromatic carbocycles. The molecular weight excluding hydrogens is 496 g/mol. The van der Waals surface area contributed by atoms with Gasteiger partial charge in [0, 0.05) is 86.8 Å². The Kier molecular flexibility index (Phi) is 9.07. The predicted octanol–water partition coefficient (Wildman–Crippen LogP) is 6.75. The molecule has 0 saturated carbocycles. The molecule has 0 unspecified atom stereocenters. The van der Waals surface area contributed by atoms with Gasteiger partial charge < -0.3 is 20.0 Å². The smallest absolute Gasteiger partial charge is 0.185 e. The fourth-order valence-corrected chi connectivity index (χ4v) is 4.47. The first-order valence-electron chi connectivity index (χ1n) is 13.3. The van der Waals surface area contributed by atoms with Crippen LogP contribution in [0.5, 0.6) is 11.5 Å². The first kappa shape index (κ1) is 28.2. The summed E-state index contributed by atoms with van der Waals surface area (Å²) in [5.41, 5.74) is 5.95. The molecule has 0 atom stereocenters. The van der Waals surface area contributed by atoms with E-state index in [-0.39, 0.29) is 17.3 Å². The van der Waals surface area contributed by atoms with E-state index < -0.39 is 0 Å². The molecule has 0 aliphatic carbocycles. The molecule has 4 aromatic rings. The SMILES string of the molecule is CN(C)c1ccc(C=C(Cc2ccccc2)C(=O)C(=Cc2ccc(N(C)C)cc2O)Cc2ccccc2)c(O)c1. The number of nitrogens with zero attached hydrogens (tertiary/aromatic N) is 2. The summed E-state index contributed by atoms with van der Waals surface area (Å²) in [5.74, 6) is 0.0741. The molecule has 0 aromatic heterocycles. The number of carbonyl (C=O) groups is 1. The minimum Gasteiger partial charge on any atom is -0.507 e. The fourth-order valence-electron chi connectivity index (χ4n) is 4.47. The van der Waals surface area contributed by atoms with Gasteiger partial charge in [-0.15, -0.1) is 0 Å². The zero-order valence-corrected chi connectivity index (χ0v) is 23.5. The summed E-state index contributed by atoms with van der Waals surface area (Å²) in [6.45, 7) is 0. The zero-order valence-electron chi connectivity index (χ0n) is 23.5. The van der Waals surface area contributed by atoms with Gasteiger partial charge in [0.05, 0.1) is 0 Å². The van der Waals surface area contributed by atoms with Crippen molar-refractivity contribution >= 4 is 29.3 Å². The Hall–Kier alpha value is -4.77. The third kappa shape index (κ3) is 7.20. The van der Waals surface area contributed by atoms with Crippen LogP contribution >= 0.6 is 0 Å². The number of phenols is 2. The van der Waals surface area contributed by atoms with Crippen LogP contribution in [0.15, 0.2) is 108 Å². The van der Waals surface area contributed by atoms with E-state index in [2.05, 4.69) is 0 Å². The maximum Gasteiger partial charge on any atom is 0.185 e. The van der Waals surface area contributed by atoms with Crippen LogP contribution in [0, 0.1) is 0 Å². The largest absolute Gasteiger partial charge is 0.507 e. The lowest BCUT2D eigenvalue weighted by Gasteiger charge is -2.16. The second kappa shape index (κ2) is 12.9. The van der Waals surface area contributed by atoms with Gasteiger partial charge in [-0.1, -0.05) is 60.7 Å². The number of allylic oxidation sites excluding steroid dienone is 2. The maximum atomic E-state index is 14.3. The highest BCUT2D eigenvalue weighted by Crippen LogP contribution is 2.30. The quantitative estimate of drug-likeness (QED) is 0.221. The van der Waals surface area contributed by atoms with Gasteiger partial charge in [0.25, 0.3) is 0 Å². The summed E-state index contributed by atoms with van der Waals surface area (Å²) in [6, 6.07) is 30.5. The number of anilines is 2. The van der Waals surface area contributed by atoms with Crippen molar-refractivity contribution in [1.82, 2.24) is 0 Å². The number of hydrogen-bond acceptors (Lipinski definition) is 5. The van der Waals surface area contributed by atoms with E-state index in [4.69, 9.17) is 0 Å². The van der Waals surface area contributed by atoms with Gasteiger partial charge >= 0.3 is 0 Å². The Morgan fingerprint density at radius 2 is 0.975 bits per heavy atom. The lowest BCUT2D eigenvalue weighted by atomic mass is 9.90. The number of carbonyl (C=O) groups excluding carboxylic acids is 1. The molecular formula is C35H36N2O3. The molecule has 204 valence electrons. The summed E-state index contributed by atoms with van der Waals surface area (Å²) in [6.07, 6.45) is 4.34. The number of hydrogen-bond donors (Lipinski definition) is 2. The van der Waals surface area contributed by atoms with Crippen LogP contribution in [0.4, 0.5) is 11.4 Å². The van der Waals surface area contributed by atoms with Crippen molar-refractivity contribution in [2.45, 2.75) is 12.8 Å². The molecule has 0 amide bonds. The second-order valence-electron chi connectivity index (χ2n) is 10.3. The van der Waals surface area contributed by atoms with Crippen LogP contribution in [0.25, 0.3) is 12.2 Å². The van der Waals surface area contributed by atoms with Gasteiger partial charge in [-0.3, -0.25) is 4.79 Å². The van der Waals surface area contributed by atoms with Crippen molar-refractivity contribution in [3.05, 3.63) is 130 Å². The first-order valence-corrected chi connectivity index (χ1v) is 13.3. The minimum absolute atomic E-state index is 0.107. The van der Waals surface area contributed by atoms with Crippen LogP contribution in [-0.2, 0) is 17.6 Å². The molecule has 5 heteroatoms. The van der Waals surface area contributed by atoms with E-state index in [1.54, 1.807) is 24.3 Å². The molecule has 0 heterocycles. The monoisotopic (exact) mass is 532 g/mol. The Balaban J connectivity index is 1.82. The van der Waals surface area contributed by atoms with Gasteiger partial charge in [-0.2, -0.15) is 0 Å². The third-order valence-corrected chi connectivity index (χ3v) is 6.78. The van der Waals surface area contributed by atoms with E-state index in [9.17, 15) is 15.0 Å². The Labute approximate surface area is 237 Å². The highest BCUT2D eigenvalue weighted by molar-refractivity contribution is 6.14. The molecule has 0 aliphatic rings. The normalized spacial score (nSPS) is 11.8. The predicted molar refractivity (Wildman–Crippen MR) is 166 cm³/mol. The average molecular weight is 533 g/mol. The highest BCUT2D eigenvalue weighted by Gasteiger charge is 2.19. The van der Waals surface area contributed by atoms with E-state index in [1.807, 2.05) is 123 Å². The van der Waals surface area contributed by atoms with E-state index in [1.165, 1.54) is 0 Å². The van der Waals surface area contributed by atoms with Gasteiger partial charge in [0.2, 0.25) is 0 Å². The number of rotatable bonds is 10. The molecule has 4 rings (SSSR count). The van der Waals surface area contributed by atoms with Crippen molar-refractivity contribution < 1.29 is 15.0 Å². The van der Waals surface area contributed by atoms with Crippen molar-refractivity contribution in [3.8, 4) is 11.5 Å². The first-order chi connectivity index (χ1) is 19.2. The number of ketones is 1. The second-order valence-corrected chi connectivity index (χ2v) is 10.3. The van der Waals surface area contributed by atoms with E-state index in [0.29, 0.717) is 35.1 Å². The number of benzene rings is 4. The topological polar surface area (TPSA) is 64.0 Å². The summed E-state index contributed by atoms with van der Waals surface area (Å²) in [5, 5.41) is 21.6. The Morgan fingerprint density at radius 1 is 0.600 bits per heavy atom. The molecule has 0 radical (unpaired) electrons. The molecule has 0 fully saturated rings. The fraction of sp³-hybridized carbons (Fsp3) is 0.171. The summed E-state index contributed by atoms with van der Waals surface area (Å²) in [7, 11) is 7.65. The van der Waals surface area contributed by atoms with Crippen LogP contribution < -0.4 is 9.80 Å². The lowest BCUT2D eigenvalue weighted by molar-refractivity contribution is -0.112. The van der Waals surface area contributed by atoms with E-state index >= 15 is 0 Å². The molecule has 40 heavy (non-hydrogen) atoms. The number of phenolic OH excluding ortho intramolecular Hbond substituents is 2. The maximum absolute atomic E-state index is 14.3. The number of Topliss-reactive ketones (excluding diaryl/α,β-unsaturated/α-hetero) is 1. The van der Waals surface area contributed by atoms with E-state index in [0.717, 1.165) is 22.5 Å². The van der Waals surface area contributed by atoms with Gasteiger partial charge in [-0.05, 0) is 47.5 Å². The Bertz CT molecular complexity index is 1410. The molecule has 5 nitrogen and oxygen atoms in total. The zero-order chi connectivity index (χ0) is 28.6. The summed E-state index contributed by atoms with van der Waals surface area (Å²) >= 11 is 0. The molecule has 0 aliphatic heterocycles. The van der Waals surface area contributed by atoms with Crippen molar-refractivity contribution in [2.24, 2.45) is 0 Å². The molecule has 2 N–H and O–H groups in total.